The van der Waals surface area contributed by atoms with E-state index >= 15 is 0 Å². The molecule has 0 aromatic heterocycles. The smallest absolute Gasteiger partial charge is 0.410 e. The van der Waals surface area contributed by atoms with Gasteiger partial charge in [0.2, 0.25) is 0 Å². The molecule has 7 nitrogen and oxygen atoms in total. The molecule has 2 aliphatic heterocycles. The third-order valence-electron chi connectivity index (χ3n) is 5.91. The van der Waals surface area contributed by atoms with Gasteiger partial charge in [-0.3, -0.25) is 4.79 Å². The van der Waals surface area contributed by atoms with Crippen molar-refractivity contribution in [1.82, 2.24) is 15.1 Å². The van der Waals surface area contributed by atoms with Gasteiger partial charge in [0, 0.05) is 30.4 Å². The summed E-state index contributed by atoms with van der Waals surface area (Å²) in [4.78, 5) is 29.1. The Kier molecular flexibility index (Phi) is 6.91. The number of amides is 2. The van der Waals surface area contributed by atoms with E-state index in [0.29, 0.717) is 24.3 Å². The number of rotatable bonds is 3. The van der Waals surface area contributed by atoms with Crippen LogP contribution in [0.5, 0.6) is 0 Å². The molecule has 1 aromatic rings. The Morgan fingerprint density at radius 2 is 1.67 bits per heavy atom. The van der Waals surface area contributed by atoms with E-state index in [9.17, 15) is 9.59 Å². The van der Waals surface area contributed by atoms with E-state index < -0.39 is 5.60 Å². The molecule has 3 rings (SSSR count). The van der Waals surface area contributed by atoms with Crippen LogP contribution in [-0.4, -0.2) is 66.7 Å². The van der Waals surface area contributed by atoms with Crippen molar-refractivity contribution in [2.75, 3.05) is 39.0 Å². The first-order valence-electron chi connectivity index (χ1n) is 11.0. The molecule has 1 aromatic carbocycles. The summed E-state index contributed by atoms with van der Waals surface area (Å²) >= 11 is 0. The second-order valence-corrected chi connectivity index (χ2v) is 9.68. The highest BCUT2D eigenvalue weighted by molar-refractivity contribution is 5.95. The van der Waals surface area contributed by atoms with Crippen LogP contribution >= 0.6 is 0 Å². The molecule has 2 amide bonds. The lowest BCUT2D eigenvalue weighted by atomic mass is 9.88. The van der Waals surface area contributed by atoms with Crippen LogP contribution < -0.4 is 11.1 Å². The number of hydrogen-bond acceptors (Lipinski definition) is 5. The summed E-state index contributed by atoms with van der Waals surface area (Å²) in [5.41, 5.74) is 7.95. The third kappa shape index (κ3) is 6.11. The molecule has 166 valence electrons. The molecule has 0 radical (unpaired) electrons. The van der Waals surface area contributed by atoms with E-state index in [1.54, 1.807) is 11.0 Å². The van der Waals surface area contributed by atoms with Gasteiger partial charge in [-0.1, -0.05) is 0 Å². The molecule has 0 spiro atoms. The molecule has 2 heterocycles. The van der Waals surface area contributed by atoms with Crippen molar-refractivity contribution in [3.8, 4) is 0 Å². The fourth-order valence-electron chi connectivity index (χ4n) is 4.19. The highest BCUT2D eigenvalue weighted by Crippen LogP contribution is 2.31. The molecule has 7 heteroatoms. The SMILES string of the molecule is CN1CCC(NC(=O)c2cc(N)cc(C3CCN(C(=O)OC(C)(C)C)CC3)c2)CC1. The van der Waals surface area contributed by atoms with Gasteiger partial charge in [0.15, 0.2) is 0 Å². The van der Waals surface area contributed by atoms with Crippen LogP contribution in [0.3, 0.4) is 0 Å². The Balaban J connectivity index is 1.60. The maximum Gasteiger partial charge on any atom is 0.410 e. The second-order valence-electron chi connectivity index (χ2n) is 9.68. The summed E-state index contributed by atoms with van der Waals surface area (Å²) in [7, 11) is 2.11. The van der Waals surface area contributed by atoms with Crippen molar-refractivity contribution < 1.29 is 14.3 Å². The lowest BCUT2D eigenvalue weighted by Crippen LogP contribution is -2.43. The van der Waals surface area contributed by atoms with Gasteiger partial charge in [0.1, 0.15) is 5.60 Å². The van der Waals surface area contributed by atoms with Gasteiger partial charge >= 0.3 is 6.09 Å². The summed E-state index contributed by atoms with van der Waals surface area (Å²) in [5, 5.41) is 3.17. The molecular formula is C23H36N4O3. The zero-order valence-electron chi connectivity index (χ0n) is 18.7. The summed E-state index contributed by atoms with van der Waals surface area (Å²) in [6.45, 7) is 8.93. The van der Waals surface area contributed by atoms with E-state index in [1.165, 1.54) is 0 Å². The lowest BCUT2D eigenvalue weighted by molar-refractivity contribution is 0.0205. The van der Waals surface area contributed by atoms with Crippen LogP contribution in [0, 0.1) is 0 Å². The van der Waals surface area contributed by atoms with Crippen LogP contribution in [0.4, 0.5) is 10.5 Å². The average molecular weight is 417 g/mol. The lowest BCUT2D eigenvalue weighted by Gasteiger charge is -2.34. The molecule has 0 saturated carbocycles. The second kappa shape index (κ2) is 9.25. The van der Waals surface area contributed by atoms with Gasteiger partial charge in [-0.15, -0.1) is 0 Å². The van der Waals surface area contributed by atoms with E-state index in [4.69, 9.17) is 10.5 Å². The fourth-order valence-corrected chi connectivity index (χ4v) is 4.19. The number of anilines is 1. The Morgan fingerprint density at radius 1 is 1.03 bits per heavy atom. The van der Waals surface area contributed by atoms with Crippen molar-refractivity contribution in [3.05, 3.63) is 29.3 Å². The molecule has 0 aliphatic carbocycles. The van der Waals surface area contributed by atoms with Crippen molar-refractivity contribution in [2.45, 2.75) is 64.0 Å². The van der Waals surface area contributed by atoms with Gasteiger partial charge in [0.05, 0.1) is 0 Å². The number of nitrogen functional groups attached to an aromatic ring is 1. The number of piperidine rings is 2. The zero-order valence-corrected chi connectivity index (χ0v) is 18.7. The predicted octanol–water partition coefficient (Wildman–Crippen LogP) is 3.21. The number of carbonyl (C=O) groups is 2. The Bertz CT molecular complexity index is 758. The number of nitrogens with two attached hydrogens (primary N) is 1. The highest BCUT2D eigenvalue weighted by atomic mass is 16.6. The standard InChI is InChI=1S/C23H36N4O3/c1-23(2,3)30-22(29)27-11-5-16(6-12-27)17-13-18(15-19(24)14-17)21(28)25-20-7-9-26(4)10-8-20/h13-16,20H,5-12,24H2,1-4H3,(H,25,28). The minimum absolute atomic E-state index is 0.0516. The molecule has 2 aliphatic rings. The number of nitrogens with one attached hydrogen (secondary N) is 1. The fraction of sp³-hybridized carbons (Fsp3) is 0.652. The molecule has 30 heavy (non-hydrogen) atoms. The average Bonchev–Trinajstić information content (AvgIpc) is 2.68. The number of nitrogens with zero attached hydrogens (tertiary/aromatic N) is 2. The normalized spacial score (nSPS) is 19.5. The first kappa shape index (κ1) is 22.4. The quantitative estimate of drug-likeness (QED) is 0.739. The Hall–Kier alpha value is -2.28. The number of ether oxygens (including phenoxy) is 1. The van der Waals surface area contributed by atoms with Crippen LogP contribution in [0.1, 0.15) is 68.3 Å². The Morgan fingerprint density at radius 3 is 2.27 bits per heavy atom. The van der Waals surface area contributed by atoms with E-state index in [1.807, 2.05) is 32.9 Å². The molecule has 2 fully saturated rings. The van der Waals surface area contributed by atoms with Crippen molar-refractivity contribution in [2.24, 2.45) is 0 Å². The number of benzene rings is 1. The number of likely N-dealkylation sites (tertiary alicyclic amines) is 2. The van der Waals surface area contributed by atoms with Crippen LogP contribution in [0.2, 0.25) is 0 Å². The van der Waals surface area contributed by atoms with Gasteiger partial charge in [-0.25, -0.2) is 4.79 Å². The first-order chi connectivity index (χ1) is 14.1. The van der Waals surface area contributed by atoms with Crippen LogP contribution in [-0.2, 0) is 4.74 Å². The summed E-state index contributed by atoms with van der Waals surface area (Å²) in [6, 6.07) is 5.90. The monoisotopic (exact) mass is 416 g/mol. The van der Waals surface area contributed by atoms with Gasteiger partial charge in [-0.2, -0.15) is 0 Å². The molecule has 2 saturated heterocycles. The highest BCUT2D eigenvalue weighted by Gasteiger charge is 2.28. The zero-order chi connectivity index (χ0) is 21.9. The minimum Gasteiger partial charge on any atom is -0.444 e. The summed E-state index contributed by atoms with van der Waals surface area (Å²) in [5.74, 6) is 0.228. The third-order valence-corrected chi connectivity index (χ3v) is 5.91. The van der Waals surface area contributed by atoms with Crippen LogP contribution in [0.15, 0.2) is 18.2 Å². The molecular weight excluding hydrogens is 380 g/mol. The first-order valence-corrected chi connectivity index (χ1v) is 11.0. The molecule has 0 bridgehead atoms. The molecule has 3 N–H and O–H groups in total. The largest absolute Gasteiger partial charge is 0.444 e. The van der Waals surface area contributed by atoms with Crippen molar-refractivity contribution in [1.29, 1.82) is 0 Å². The maximum atomic E-state index is 12.8. The predicted molar refractivity (Wildman–Crippen MR) is 119 cm³/mol. The maximum absolute atomic E-state index is 12.8. The van der Waals surface area contributed by atoms with Crippen molar-refractivity contribution in [3.63, 3.8) is 0 Å². The summed E-state index contributed by atoms with van der Waals surface area (Å²) in [6.07, 6.45) is 3.35. The van der Waals surface area contributed by atoms with E-state index in [-0.39, 0.29) is 24.0 Å². The molecule has 0 atom stereocenters. The van der Waals surface area contributed by atoms with Crippen LogP contribution in [0.25, 0.3) is 0 Å². The summed E-state index contributed by atoms with van der Waals surface area (Å²) < 4.78 is 5.48. The minimum atomic E-state index is -0.488. The molecule has 0 unspecified atom stereocenters. The number of carbonyl (C=O) groups excluding carboxylic acids is 2. The van der Waals surface area contributed by atoms with Gasteiger partial charge in [-0.05, 0) is 96.3 Å². The van der Waals surface area contributed by atoms with Gasteiger partial charge in [0.25, 0.3) is 5.91 Å². The van der Waals surface area contributed by atoms with Crippen molar-refractivity contribution >= 4 is 17.7 Å². The Labute approximate surface area is 179 Å². The van der Waals surface area contributed by atoms with E-state index in [0.717, 1.165) is 44.3 Å². The number of hydrogen-bond donors (Lipinski definition) is 2. The van der Waals surface area contributed by atoms with Gasteiger partial charge < -0.3 is 25.6 Å². The van der Waals surface area contributed by atoms with E-state index in [2.05, 4.69) is 17.3 Å². The topological polar surface area (TPSA) is 87.9 Å².